The van der Waals surface area contributed by atoms with E-state index in [2.05, 4.69) is 34.8 Å². The molecule has 0 N–H and O–H groups in total. The van der Waals surface area contributed by atoms with Crippen molar-refractivity contribution in [2.45, 2.75) is 46.2 Å². The van der Waals surface area contributed by atoms with Crippen molar-refractivity contribution in [3.05, 3.63) is 30.4 Å². The lowest BCUT2D eigenvalue weighted by Gasteiger charge is -2.29. The number of likely N-dealkylation sites (tertiary alicyclic amines) is 1. The topological polar surface area (TPSA) is 29.0 Å². The minimum absolute atomic E-state index is 0.639. The van der Waals surface area contributed by atoms with Gasteiger partial charge in [0, 0.05) is 36.6 Å². The van der Waals surface area contributed by atoms with Crippen LogP contribution in [0, 0.1) is 5.92 Å². The monoisotopic (exact) mass is 245 g/mol. The fraction of sp³-hybridized carbons (Fsp3) is 0.600. The predicted octanol–water partition coefficient (Wildman–Crippen LogP) is 3.00. The molecule has 0 amide bonds. The van der Waals surface area contributed by atoms with Gasteiger partial charge < -0.3 is 0 Å². The van der Waals surface area contributed by atoms with E-state index < -0.39 is 0 Å². The first-order valence-corrected chi connectivity index (χ1v) is 6.98. The van der Waals surface area contributed by atoms with Gasteiger partial charge in [-0.15, -0.1) is 0 Å². The summed E-state index contributed by atoms with van der Waals surface area (Å²) in [6.07, 6.45) is 9.14. The highest BCUT2D eigenvalue weighted by Crippen LogP contribution is 2.42. The van der Waals surface area contributed by atoms with Crippen molar-refractivity contribution in [2.24, 2.45) is 5.92 Å². The van der Waals surface area contributed by atoms with Crippen molar-refractivity contribution in [1.82, 2.24) is 14.9 Å². The van der Waals surface area contributed by atoms with Crippen molar-refractivity contribution in [1.29, 1.82) is 0 Å². The molecule has 1 aliphatic carbocycles. The van der Waals surface area contributed by atoms with Crippen LogP contribution in [0.3, 0.4) is 0 Å². The molecule has 1 aromatic rings. The van der Waals surface area contributed by atoms with E-state index in [0.29, 0.717) is 18.0 Å². The molecule has 3 heteroatoms. The lowest BCUT2D eigenvalue weighted by molar-refractivity contribution is 0.227. The Morgan fingerprint density at radius 2 is 1.89 bits per heavy atom. The van der Waals surface area contributed by atoms with Crippen molar-refractivity contribution >= 4 is 5.57 Å². The third kappa shape index (κ3) is 2.32. The van der Waals surface area contributed by atoms with Crippen LogP contribution in [0.15, 0.2) is 24.8 Å². The second-order valence-electron chi connectivity index (χ2n) is 5.04. The third-order valence-corrected chi connectivity index (χ3v) is 3.75. The Labute approximate surface area is 110 Å². The fourth-order valence-electron chi connectivity index (χ4n) is 3.00. The van der Waals surface area contributed by atoms with Gasteiger partial charge in [-0.2, -0.15) is 0 Å². The van der Waals surface area contributed by atoms with E-state index in [0.717, 1.165) is 0 Å². The summed E-state index contributed by atoms with van der Waals surface area (Å²) in [6, 6.07) is 1.29. The molecular formula is C15H23N3. The zero-order valence-electron chi connectivity index (χ0n) is 11.8. The maximum absolute atomic E-state index is 4.10. The van der Waals surface area contributed by atoms with Gasteiger partial charge in [0.25, 0.3) is 0 Å². The Kier molecular flexibility index (Phi) is 4.12. The molecule has 3 nitrogen and oxygen atoms in total. The van der Waals surface area contributed by atoms with Crippen LogP contribution in [0.2, 0.25) is 0 Å². The zero-order chi connectivity index (χ0) is 13.1. The van der Waals surface area contributed by atoms with Crippen LogP contribution in [-0.2, 0) is 0 Å². The second-order valence-corrected chi connectivity index (χ2v) is 5.04. The van der Waals surface area contributed by atoms with Gasteiger partial charge >= 0.3 is 0 Å². The molecule has 0 saturated carbocycles. The molecule has 1 fully saturated rings. The van der Waals surface area contributed by atoms with Crippen LogP contribution >= 0.6 is 0 Å². The Hall–Kier alpha value is -1.22. The Balaban J connectivity index is 0.000000574. The van der Waals surface area contributed by atoms with Crippen molar-refractivity contribution < 1.29 is 0 Å². The van der Waals surface area contributed by atoms with Crippen LogP contribution in [-0.4, -0.2) is 33.5 Å². The average molecular weight is 245 g/mol. The van der Waals surface area contributed by atoms with Crippen LogP contribution in [0.5, 0.6) is 0 Å². The Bertz CT molecular complexity index is 411. The number of nitrogens with zero attached hydrogens (tertiary/aromatic N) is 3. The van der Waals surface area contributed by atoms with E-state index in [-0.39, 0.29) is 0 Å². The van der Waals surface area contributed by atoms with E-state index in [1.165, 1.54) is 24.1 Å². The molecular weight excluding hydrogens is 222 g/mol. The van der Waals surface area contributed by atoms with E-state index >= 15 is 0 Å². The molecule has 2 unspecified atom stereocenters. The molecule has 2 aliphatic rings. The molecule has 18 heavy (non-hydrogen) atoms. The van der Waals surface area contributed by atoms with Gasteiger partial charge in [0.1, 0.15) is 6.33 Å². The van der Waals surface area contributed by atoms with Gasteiger partial charge in [0.15, 0.2) is 0 Å². The summed E-state index contributed by atoms with van der Waals surface area (Å²) in [5, 5.41) is 0. The molecule has 1 aromatic heterocycles. The highest BCUT2D eigenvalue weighted by Gasteiger charge is 2.39. The van der Waals surface area contributed by atoms with E-state index in [4.69, 9.17) is 0 Å². The first-order valence-electron chi connectivity index (χ1n) is 6.98. The summed E-state index contributed by atoms with van der Waals surface area (Å²) in [5.41, 5.74) is 2.67. The van der Waals surface area contributed by atoms with Crippen LogP contribution < -0.4 is 0 Å². The maximum atomic E-state index is 4.10. The number of aromatic nitrogens is 2. The largest absolute Gasteiger partial charge is 0.294 e. The number of hydrogen-bond donors (Lipinski definition) is 0. The molecule has 98 valence electrons. The third-order valence-electron chi connectivity index (χ3n) is 3.75. The standard InChI is InChI=1S/C13H17N3.C2H6/c1-9(2)16-7-10-3-12(16)4-13(10)11-5-14-8-15-6-11;1-2/h4-6,8-10,12H,3,7H2,1-2H3;1-2H3. The van der Waals surface area contributed by atoms with Crippen molar-refractivity contribution in [3.8, 4) is 0 Å². The SMILES string of the molecule is CC.CC(C)N1CC2CC1C=C2c1cncnc1. The van der Waals surface area contributed by atoms with Crippen LogP contribution in [0.1, 0.15) is 39.7 Å². The minimum atomic E-state index is 0.639. The molecule has 0 aromatic carbocycles. The lowest BCUT2D eigenvalue weighted by Crippen LogP contribution is -2.36. The molecule has 3 rings (SSSR count). The highest BCUT2D eigenvalue weighted by atomic mass is 15.2. The first kappa shape index (κ1) is 13.2. The predicted molar refractivity (Wildman–Crippen MR) is 75.1 cm³/mol. The van der Waals surface area contributed by atoms with Crippen LogP contribution in [0.4, 0.5) is 0 Å². The van der Waals surface area contributed by atoms with Gasteiger partial charge in [-0.05, 0) is 31.8 Å². The second kappa shape index (κ2) is 5.61. The summed E-state index contributed by atoms with van der Waals surface area (Å²) in [6.45, 7) is 9.75. The molecule has 1 saturated heterocycles. The van der Waals surface area contributed by atoms with Gasteiger partial charge in [0.2, 0.25) is 0 Å². The number of hydrogen-bond acceptors (Lipinski definition) is 3. The Morgan fingerprint density at radius 1 is 1.22 bits per heavy atom. The van der Waals surface area contributed by atoms with Gasteiger partial charge in [-0.1, -0.05) is 19.9 Å². The van der Waals surface area contributed by atoms with Gasteiger partial charge in [-0.25, -0.2) is 9.97 Å². The quantitative estimate of drug-likeness (QED) is 0.802. The summed E-state index contributed by atoms with van der Waals surface area (Å²) >= 11 is 0. The van der Waals surface area contributed by atoms with E-state index in [1.807, 2.05) is 26.2 Å². The summed E-state index contributed by atoms with van der Waals surface area (Å²) < 4.78 is 0. The average Bonchev–Trinajstić information content (AvgIpc) is 3.02. The molecule has 2 atom stereocenters. The van der Waals surface area contributed by atoms with E-state index in [1.54, 1.807) is 6.33 Å². The molecule has 1 aliphatic heterocycles. The van der Waals surface area contributed by atoms with Gasteiger partial charge in [-0.3, -0.25) is 4.90 Å². The van der Waals surface area contributed by atoms with E-state index in [9.17, 15) is 0 Å². The number of fused-ring (bicyclic) bond motifs is 2. The normalized spacial score (nSPS) is 25.9. The lowest BCUT2D eigenvalue weighted by atomic mass is 9.97. The minimum Gasteiger partial charge on any atom is -0.294 e. The van der Waals surface area contributed by atoms with Crippen molar-refractivity contribution in [3.63, 3.8) is 0 Å². The maximum Gasteiger partial charge on any atom is 0.115 e. The molecule has 2 bridgehead atoms. The molecule has 2 heterocycles. The summed E-state index contributed by atoms with van der Waals surface area (Å²) in [4.78, 5) is 10.8. The summed E-state index contributed by atoms with van der Waals surface area (Å²) in [7, 11) is 0. The van der Waals surface area contributed by atoms with Gasteiger partial charge in [0.05, 0.1) is 0 Å². The highest BCUT2D eigenvalue weighted by molar-refractivity contribution is 5.70. The number of rotatable bonds is 2. The Morgan fingerprint density at radius 3 is 2.39 bits per heavy atom. The summed E-state index contributed by atoms with van der Waals surface area (Å²) in [5.74, 6) is 0.693. The van der Waals surface area contributed by atoms with Crippen molar-refractivity contribution in [2.75, 3.05) is 6.54 Å². The smallest absolute Gasteiger partial charge is 0.115 e. The fourth-order valence-corrected chi connectivity index (χ4v) is 3.00. The molecule has 0 spiro atoms. The zero-order valence-corrected chi connectivity index (χ0v) is 11.8. The van der Waals surface area contributed by atoms with Crippen LogP contribution in [0.25, 0.3) is 5.57 Å². The first-order chi connectivity index (χ1) is 8.75. The molecule has 0 radical (unpaired) electrons.